The second-order valence-corrected chi connectivity index (χ2v) is 6.62. The molecule has 0 aromatic carbocycles. The van der Waals surface area contributed by atoms with E-state index in [4.69, 9.17) is 10.5 Å². The first kappa shape index (κ1) is 14.1. The SMILES string of the molecule is COC(=O)c1c(N)nsc1NC1CCC(C)(C)CC1. The summed E-state index contributed by atoms with van der Waals surface area (Å²) < 4.78 is 8.78. The van der Waals surface area contributed by atoms with E-state index in [0.717, 1.165) is 17.8 Å². The van der Waals surface area contributed by atoms with Crippen LogP contribution in [0, 0.1) is 5.41 Å². The Morgan fingerprint density at radius 1 is 1.47 bits per heavy atom. The Labute approximate surface area is 117 Å². The van der Waals surface area contributed by atoms with Crippen LogP contribution < -0.4 is 11.1 Å². The van der Waals surface area contributed by atoms with Crippen LogP contribution in [0.2, 0.25) is 0 Å². The van der Waals surface area contributed by atoms with Crippen molar-refractivity contribution in [2.45, 2.75) is 45.6 Å². The number of hydrogen-bond acceptors (Lipinski definition) is 6. The minimum Gasteiger partial charge on any atom is -0.465 e. The molecule has 1 aromatic heterocycles. The third-order valence-electron chi connectivity index (χ3n) is 3.78. The fraction of sp³-hybridized carbons (Fsp3) is 0.692. The number of hydrogen-bond donors (Lipinski definition) is 2. The molecule has 1 aliphatic rings. The molecule has 1 saturated carbocycles. The van der Waals surface area contributed by atoms with Gasteiger partial charge in [-0.15, -0.1) is 0 Å². The molecule has 6 heteroatoms. The van der Waals surface area contributed by atoms with Crippen LogP contribution in [0.4, 0.5) is 10.8 Å². The number of carbonyl (C=O) groups excluding carboxylic acids is 1. The zero-order valence-electron chi connectivity index (χ0n) is 11.7. The Hall–Kier alpha value is -1.30. The van der Waals surface area contributed by atoms with Crippen molar-refractivity contribution < 1.29 is 9.53 Å². The van der Waals surface area contributed by atoms with Gasteiger partial charge in [-0.2, -0.15) is 4.37 Å². The van der Waals surface area contributed by atoms with Gasteiger partial charge in [-0.25, -0.2) is 4.79 Å². The summed E-state index contributed by atoms with van der Waals surface area (Å²) in [5, 5.41) is 4.13. The zero-order chi connectivity index (χ0) is 14.0. The highest BCUT2D eigenvalue weighted by Crippen LogP contribution is 2.37. The number of rotatable bonds is 3. The predicted octanol–water partition coefficient (Wildman–Crippen LogP) is 2.89. The molecule has 0 atom stereocenters. The Kier molecular flexibility index (Phi) is 3.99. The van der Waals surface area contributed by atoms with Crippen molar-refractivity contribution >= 4 is 28.3 Å². The largest absolute Gasteiger partial charge is 0.465 e. The topological polar surface area (TPSA) is 77.2 Å². The molecule has 2 rings (SSSR count). The van der Waals surface area contributed by atoms with Crippen molar-refractivity contribution in [3.63, 3.8) is 0 Å². The first-order chi connectivity index (χ1) is 8.93. The summed E-state index contributed by atoms with van der Waals surface area (Å²) in [5.41, 5.74) is 6.52. The van der Waals surface area contributed by atoms with Gasteiger partial charge in [0.25, 0.3) is 0 Å². The number of nitrogen functional groups attached to an aromatic ring is 1. The van der Waals surface area contributed by atoms with E-state index < -0.39 is 5.97 Å². The van der Waals surface area contributed by atoms with Gasteiger partial charge in [0, 0.05) is 6.04 Å². The molecule has 19 heavy (non-hydrogen) atoms. The minimum absolute atomic E-state index is 0.246. The minimum atomic E-state index is -0.426. The molecule has 0 bridgehead atoms. The molecular formula is C13H21N3O2S. The van der Waals surface area contributed by atoms with Crippen molar-refractivity contribution in [1.29, 1.82) is 0 Å². The van der Waals surface area contributed by atoms with Crippen LogP contribution in [0.5, 0.6) is 0 Å². The molecular weight excluding hydrogens is 262 g/mol. The third-order valence-corrected chi connectivity index (χ3v) is 4.57. The first-order valence-electron chi connectivity index (χ1n) is 6.53. The van der Waals surface area contributed by atoms with Gasteiger partial charge >= 0.3 is 5.97 Å². The standard InChI is InChI=1S/C13H21N3O2S/c1-13(2)6-4-8(5-7-13)15-11-9(12(17)18-3)10(14)16-19-11/h8,15H,4-7H2,1-3H3,(H2,14,16). The number of nitrogens with two attached hydrogens (primary N) is 1. The molecule has 0 spiro atoms. The first-order valence-corrected chi connectivity index (χ1v) is 7.30. The van der Waals surface area contributed by atoms with Crippen LogP contribution >= 0.6 is 11.5 Å². The number of anilines is 2. The van der Waals surface area contributed by atoms with E-state index in [1.54, 1.807) is 0 Å². The number of nitrogens with one attached hydrogen (secondary N) is 1. The van der Waals surface area contributed by atoms with E-state index in [1.807, 2.05) is 0 Å². The van der Waals surface area contributed by atoms with E-state index in [-0.39, 0.29) is 5.82 Å². The van der Waals surface area contributed by atoms with E-state index in [1.165, 1.54) is 31.5 Å². The average Bonchev–Trinajstić information content (AvgIpc) is 2.72. The lowest BCUT2D eigenvalue weighted by Gasteiger charge is -2.34. The molecule has 1 heterocycles. The lowest BCUT2D eigenvalue weighted by molar-refractivity contribution is 0.0603. The summed E-state index contributed by atoms with van der Waals surface area (Å²) in [6.07, 6.45) is 4.58. The molecule has 5 nitrogen and oxygen atoms in total. The molecule has 106 valence electrons. The quantitative estimate of drug-likeness (QED) is 0.834. The fourth-order valence-electron chi connectivity index (χ4n) is 2.43. The molecule has 1 aromatic rings. The number of methoxy groups -OCH3 is 1. The van der Waals surface area contributed by atoms with E-state index in [2.05, 4.69) is 23.5 Å². The van der Waals surface area contributed by atoms with Crippen molar-refractivity contribution in [3.05, 3.63) is 5.56 Å². The lowest BCUT2D eigenvalue weighted by atomic mass is 9.75. The second-order valence-electron chi connectivity index (χ2n) is 5.85. The van der Waals surface area contributed by atoms with Crippen LogP contribution in [0.3, 0.4) is 0 Å². The Bertz CT molecular complexity index is 460. The third kappa shape index (κ3) is 3.18. The Balaban J connectivity index is 2.06. The maximum absolute atomic E-state index is 11.7. The van der Waals surface area contributed by atoms with Gasteiger partial charge in [0.15, 0.2) is 5.82 Å². The number of carbonyl (C=O) groups is 1. The van der Waals surface area contributed by atoms with Crippen LogP contribution in [0.1, 0.15) is 49.9 Å². The highest BCUT2D eigenvalue weighted by Gasteiger charge is 2.28. The molecule has 0 aliphatic heterocycles. The van der Waals surface area contributed by atoms with Gasteiger partial charge in [-0.05, 0) is 42.6 Å². The monoisotopic (exact) mass is 283 g/mol. The van der Waals surface area contributed by atoms with Crippen LogP contribution in [-0.4, -0.2) is 23.5 Å². The summed E-state index contributed by atoms with van der Waals surface area (Å²) in [7, 11) is 1.35. The maximum atomic E-state index is 11.7. The fourth-order valence-corrected chi connectivity index (χ4v) is 3.21. The van der Waals surface area contributed by atoms with Gasteiger partial charge in [-0.1, -0.05) is 13.8 Å². The van der Waals surface area contributed by atoms with E-state index in [0.29, 0.717) is 17.0 Å². The summed E-state index contributed by atoms with van der Waals surface area (Å²) in [4.78, 5) is 11.7. The van der Waals surface area contributed by atoms with Crippen LogP contribution in [0.25, 0.3) is 0 Å². The molecule has 0 saturated heterocycles. The molecule has 0 unspecified atom stereocenters. The van der Waals surface area contributed by atoms with E-state index >= 15 is 0 Å². The van der Waals surface area contributed by atoms with E-state index in [9.17, 15) is 4.79 Å². The van der Waals surface area contributed by atoms with Crippen molar-refractivity contribution in [1.82, 2.24) is 4.37 Å². The normalized spacial score (nSPS) is 19.1. The number of nitrogens with zero attached hydrogens (tertiary/aromatic N) is 1. The van der Waals surface area contributed by atoms with Crippen LogP contribution in [-0.2, 0) is 4.74 Å². The highest BCUT2D eigenvalue weighted by atomic mass is 32.1. The maximum Gasteiger partial charge on any atom is 0.344 e. The number of ether oxygens (including phenoxy) is 1. The average molecular weight is 283 g/mol. The summed E-state index contributed by atoms with van der Waals surface area (Å²) in [6.45, 7) is 4.60. The van der Waals surface area contributed by atoms with Crippen molar-refractivity contribution in [2.24, 2.45) is 5.41 Å². The van der Waals surface area contributed by atoms with Gasteiger partial charge in [0.2, 0.25) is 0 Å². The van der Waals surface area contributed by atoms with Crippen molar-refractivity contribution in [2.75, 3.05) is 18.2 Å². The molecule has 3 N–H and O–H groups in total. The number of aromatic nitrogens is 1. The Morgan fingerprint density at radius 2 is 2.11 bits per heavy atom. The van der Waals surface area contributed by atoms with Gasteiger partial charge < -0.3 is 15.8 Å². The van der Waals surface area contributed by atoms with Gasteiger partial charge in [0.1, 0.15) is 10.6 Å². The smallest absolute Gasteiger partial charge is 0.344 e. The summed E-state index contributed by atoms with van der Waals surface area (Å²) in [5.74, 6) is -0.180. The highest BCUT2D eigenvalue weighted by molar-refractivity contribution is 7.11. The summed E-state index contributed by atoms with van der Waals surface area (Å²) >= 11 is 1.23. The van der Waals surface area contributed by atoms with Gasteiger partial charge in [0.05, 0.1) is 7.11 Å². The zero-order valence-corrected chi connectivity index (χ0v) is 12.5. The van der Waals surface area contributed by atoms with Gasteiger partial charge in [-0.3, -0.25) is 0 Å². The lowest BCUT2D eigenvalue weighted by Crippen LogP contribution is -2.30. The Morgan fingerprint density at radius 3 is 2.68 bits per heavy atom. The van der Waals surface area contributed by atoms with Crippen LogP contribution in [0.15, 0.2) is 0 Å². The summed E-state index contributed by atoms with van der Waals surface area (Å²) in [6, 6.07) is 0.385. The molecule has 1 fully saturated rings. The second kappa shape index (κ2) is 5.36. The predicted molar refractivity (Wildman–Crippen MR) is 77.5 cm³/mol. The molecule has 0 radical (unpaired) electrons. The number of esters is 1. The molecule has 1 aliphatic carbocycles. The molecule has 0 amide bonds. The van der Waals surface area contributed by atoms with Crippen molar-refractivity contribution in [3.8, 4) is 0 Å².